The first-order chi connectivity index (χ1) is 7.57. The van der Waals surface area contributed by atoms with E-state index in [2.05, 4.69) is 10.6 Å². The van der Waals surface area contributed by atoms with Gasteiger partial charge in [0.1, 0.15) is 0 Å². The van der Waals surface area contributed by atoms with Crippen molar-refractivity contribution in [2.75, 3.05) is 23.8 Å². The number of nitrogens with one attached hydrogen (secondary N) is 2. The summed E-state index contributed by atoms with van der Waals surface area (Å²) >= 11 is 1.73. The topological polar surface area (TPSA) is 75.3 Å². The van der Waals surface area contributed by atoms with E-state index in [1.54, 1.807) is 11.8 Å². The van der Waals surface area contributed by atoms with Crippen molar-refractivity contribution in [1.82, 2.24) is 10.6 Å². The van der Waals surface area contributed by atoms with Gasteiger partial charge in [-0.1, -0.05) is 0 Å². The lowest BCUT2D eigenvalue weighted by Crippen LogP contribution is -2.51. The van der Waals surface area contributed by atoms with Gasteiger partial charge in [-0.05, 0) is 6.08 Å². The Bertz CT molecular complexity index is 399. The SMILES string of the molecule is O=C(NC1C=CS(=O)(=O)C1)C1CSCCN1. The van der Waals surface area contributed by atoms with Crippen molar-refractivity contribution >= 4 is 27.5 Å². The minimum absolute atomic E-state index is 0.0153. The Morgan fingerprint density at radius 2 is 2.31 bits per heavy atom. The van der Waals surface area contributed by atoms with Gasteiger partial charge in [0.15, 0.2) is 9.84 Å². The molecular formula is C9H14N2O3S2. The predicted molar refractivity (Wildman–Crippen MR) is 64.0 cm³/mol. The summed E-state index contributed by atoms with van der Waals surface area (Å²) in [6, 6.07) is -0.568. The summed E-state index contributed by atoms with van der Waals surface area (Å²) in [5.41, 5.74) is 0. The maximum Gasteiger partial charge on any atom is 0.238 e. The Hall–Kier alpha value is -0.530. The molecule has 2 heterocycles. The number of rotatable bonds is 2. The summed E-state index contributed by atoms with van der Waals surface area (Å²) in [5.74, 6) is 1.63. The predicted octanol–water partition coefficient (Wildman–Crippen LogP) is -0.882. The van der Waals surface area contributed by atoms with E-state index in [9.17, 15) is 13.2 Å². The largest absolute Gasteiger partial charge is 0.347 e. The summed E-state index contributed by atoms with van der Waals surface area (Å²) < 4.78 is 22.3. The number of amides is 1. The van der Waals surface area contributed by atoms with Crippen LogP contribution >= 0.6 is 11.8 Å². The van der Waals surface area contributed by atoms with Crippen LogP contribution in [0.4, 0.5) is 0 Å². The molecule has 2 unspecified atom stereocenters. The van der Waals surface area contributed by atoms with Crippen LogP contribution in [0.1, 0.15) is 0 Å². The smallest absolute Gasteiger partial charge is 0.238 e. The first-order valence-corrected chi connectivity index (χ1v) is 7.96. The molecule has 2 aliphatic heterocycles. The Morgan fingerprint density at radius 3 is 2.88 bits per heavy atom. The monoisotopic (exact) mass is 262 g/mol. The second-order valence-electron chi connectivity index (χ2n) is 3.85. The Balaban J connectivity index is 1.86. The van der Waals surface area contributed by atoms with Gasteiger partial charge in [-0.25, -0.2) is 8.42 Å². The van der Waals surface area contributed by atoms with E-state index in [0.717, 1.165) is 18.1 Å². The zero-order valence-electron chi connectivity index (χ0n) is 8.68. The van der Waals surface area contributed by atoms with Crippen LogP contribution in [0.2, 0.25) is 0 Å². The third-order valence-electron chi connectivity index (χ3n) is 2.50. The minimum atomic E-state index is -3.09. The molecule has 2 N–H and O–H groups in total. The molecule has 2 aliphatic rings. The first-order valence-electron chi connectivity index (χ1n) is 5.09. The summed E-state index contributed by atoms with van der Waals surface area (Å²) in [6.45, 7) is 0.821. The standard InChI is InChI=1S/C9H14N2O3S2/c12-9(8-5-15-3-2-10-8)11-7-1-4-16(13,14)6-7/h1,4,7-8,10H,2-3,5-6H2,(H,11,12). The molecule has 0 aliphatic carbocycles. The van der Waals surface area contributed by atoms with E-state index in [1.807, 2.05) is 0 Å². The Kier molecular flexibility index (Phi) is 3.56. The van der Waals surface area contributed by atoms with Gasteiger partial charge in [-0.3, -0.25) is 4.79 Å². The molecule has 16 heavy (non-hydrogen) atoms. The molecule has 1 saturated heterocycles. The van der Waals surface area contributed by atoms with Gasteiger partial charge in [0, 0.05) is 23.5 Å². The molecule has 2 rings (SSSR count). The lowest BCUT2D eigenvalue weighted by molar-refractivity contribution is -0.122. The van der Waals surface area contributed by atoms with Crippen LogP contribution in [0.5, 0.6) is 0 Å². The van der Waals surface area contributed by atoms with Crippen LogP contribution in [0.3, 0.4) is 0 Å². The average molecular weight is 262 g/mol. The minimum Gasteiger partial charge on any atom is -0.347 e. The van der Waals surface area contributed by atoms with Crippen LogP contribution in [0.25, 0.3) is 0 Å². The fourth-order valence-electron chi connectivity index (χ4n) is 1.68. The molecule has 0 spiro atoms. The number of thioether (sulfide) groups is 1. The zero-order valence-corrected chi connectivity index (χ0v) is 10.3. The van der Waals surface area contributed by atoms with Gasteiger partial charge in [0.2, 0.25) is 5.91 Å². The summed E-state index contributed by atoms with van der Waals surface area (Å²) in [7, 11) is -3.09. The number of carbonyl (C=O) groups is 1. The summed E-state index contributed by atoms with van der Waals surface area (Å²) in [4.78, 5) is 11.7. The van der Waals surface area contributed by atoms with Crippen molar-refractivity contribution in [2.45, 2.75) is 12.1 Å². The van der Waals surface area contributed by atoms with Gasteiger partial charge in [-0.2, -0.15) is 11.8 Å². The molecule has 5 nitrogen and oxygen atoms in total. The zero-order chi connectivity index (χ0) is 11.6. The lowest BCUT2D eigenvalue weighted by atomic mass is 10.2. The van der Waals surface area contributed by atoms with Crippen molar-refractivity contribution in [3.8, 4) is 0 Å². The maximum atomic E-state index is 11.7. The third-order valence-corrected chi connectivity index (χ3v) is 4.95. The highest BCUT2D eigenvalue weighted by Crippen LogP contribution is 2.10. The fraction of sp³-hybridized carbons (Fsp3) is 0.667. The lowest BCUT2D eigenvalue weighted by Gasteiger charge is -2.23. The van der Waals surface area contributed by atoms with Crippen molar-refractivity contribution in [2.24, 2.45) is 0 Å². The van der Waals surface area contributed by atoms with Crippen molar-refractivity contribution in [3.05, 3.63) is 11.5 Å². The van der Waals surface area contributed by atoms with Gasteiger partial charge >= 0.3 is 0 Å². The maximum absolute atomic E-state index is 11.7. The van der Waals surface area contributed by atoms with E-state index in [4.69, 9.17) is 0 Å². The van der Waals surface area contributed by atoms with Crippen molar-refractivity contribution in [3.63, 3.8) is 0 Å². The average Bonchev–Trinajstić information content (AvgIpc) is 2.59. The van der Waals surface area contributed by atoms with Gasteiger partial charge in [0.25, 0.3) is 0 Å². The molecule has 0 saturated carbocycles. The second-order valence-corrected chi connectivity index (χ2v) is 6.94. The first kappa shape index (κ1) is 11.9. The van der Waals surface area contributed by atoms with E-state index in [-0.39, 0.29) is 23.7 Å². The van der Waals surface area contributed by atoms with Crippen LogP contribution in [-0.2, 0) is 14.6 Å². The molecule has 0 aromatic heterocycles. The van der Waals surface area contributed by atoms with E-state index in [0.29, 0.717) is 0 Å². The molecule has 90 valence electrons. The normalized spacial score (nSPS) is 32.5. The fourth-order valence-corrected chi connectivity index (χ4v) is 3.85. The summed E-state index contributed by atoms with van der Waals surface area (Å²) in [6.07, 6.45) is 1.53. The number of hydrogen-bond acceptors (Lipinski definition) is 5. The molecule has 7 heteroatoms. The molecule has 0 bridgehead atoms. The van der Waals surface area contributed by atoms with Crippen molar-refractivity contribution < 1.29 is 13.2 Å². The van der Waals surface area contributed by atoms with Gasteiger partial charge in [0.05, 0.1) is 17.8 Å². The molecule has 1 fully saturated rings. The quantitative estimate of drug-likeness (QED) is 0.676. The molecule has 0 radical (unpaired) electrons. The molecular weight excluding hydrogens is 248 g/mol. The van der Waals surface area contributed by atoms with E-state index in [1.165, 1.54) is 11.5 Å². The molecule has 2 atom stereocenters. The number of carbonyl (C=O) groups excluding carboxylic acids is 1. The highest BCUT2D eigenvalue weighted by atomic mass is 32.2. The van der Waals surface area contributed by atoms with E-state index >= 15 is 0 Å². The second kappa shape index (κ2) is 4.77. The Morgan fingerprint density at radius 1 is 1.50 bits per heavy atom. The number of hydrogen-bond donors (Lipinski definition) is 2. The molecule has 1 amide bonds. The van der Waals surface area contributed by atoms with Crippen LogP contribution in [-0.4, -0.2) is 50.2 Å². The Labute approximate surface area is 99.0 Å². The van der Waals surface area contributed by atoms with Crippen LogP contribution < -0.4 is 10.6 Å². The van der Waals surface area contributed by atoms with Crippen LogP contribution in [0, 0.1) is 0 Å². The molecule has 0 aromatic rings. The van der Waals surface area contributed by atoms with Crippen LogP contribution in [0.15, 0.2) is 11.5 Å². The highest BCUT2D eigenvalue weighted by molar-refractivity contribution is 7.99. The molecule has 0 aromatic carbocycles. The van der Waals surface area contributed by atoms with Gasteiger partial charge < -0.3 is 10.6 Å². The van der Waals surface area contributed by atoms with E-state index < -0.39 is 9.84 Å². The third kappa shape index (κ3) is 2.99. The van der Waals surface area contributed by atoms with Crippen molar-refractivity contribution in [1.29, 1.82) is 0 Å². The summed E-state index contributed by atoms with van der Waals surface area (Å²) in [5, 5.41) is 7.00. The number of sulfone groups is 1. The highest BCUT2D eigenvalue weighted by Gasteiger charge is 2.27. The van der Waals surface area contributed by atoms with Gasteiger partial charge in [-0.15, -0.1) is 0 Å².